The van der Waals surface area contributed by atoms with Gasteiger partial charge in [0.05, 0.1) is 16.1 Å². The summed E-state index contributed by atoms with van der Waals surface area (Å²) < 4.78 is 31.0. The van der Waals surface area contributed by atoms with Crippen LogP contribution in [0.15, 0.2) is 115 Å². The van der Waals surface area contributed by atoms with E-state index in [2.05, 4.69) is 37.2 Å². The SMILES string of the molecule is CNC1C(=O)NC2C(=O)NC(C(=O)NC3C(=O)NC4C(=O)NC(C(=O)NC(C(=O)O)c5cc(O)cc(O)c5-c5c(O)cccc54)C(O)c4ccc(c(Cl)c4)Oc4cc3cc(c4O[C@H]3OC(C(=O)O)[C@H](O)[C@@H](O)[C@@H]3N)Oc3ccc(cc3Cl)C2O)c2cc(O)cc(c2)Oc2cc1ccc2O. The Morgan fingerprint density at radius 3 is 1.63 bits per heavy atom. The number of aliphatic hydroxyl groups is 4. The monoisotopic (exact) mass is 1400 g/mol. The van der Waals surface area contributed by atoms with Gasteiger partial charge in [0.15, 0.2) is 35.1 Å². The highest BCUT2D eigenvalue weighted by atomic mass is 35.5. The maximum Gasteiger partial charge on any atom is 0.335 e. The van der Waals surface area contributed by atoms with Gasteiger partial charge in [0.1, 0.15) is 101 Å². The van der Waals surface area contributed by atoms with Crippen molar-refractivity contribution in [2.24, 2.45) is 5.73 Å². The fraction of sp³-hybridized carbons (Fsp3) is 0.231. The van der Waals surface area contributed by atoms with Gasteiger partial charge in [-0.25, -0.2) is 9.59 Å². The summed E-state index contributed by atoms with van der Waals surface area (Å²) in [5, 5.41) is 141. The number of nitrogens with one attached hydrogen (secondary N) is 7. The predicted molar refractivity (Wildman–Crippen MR) is 336 cm³/mol. The van der Waals surface area contributed by atoms with Gasteiger partial charge in [0.2, 0.25) is 47.5 Å². The summed E-state index contributed by atoms with van der Waals surface area (Å²) in [6.45, 7) is 0. The third kappa shape index (κ3) is 12.9. The first kappa shape index (κ1) is 67.8. The van der Waals surface area contributed by atoms with Crippen LogP contribution in [-0.2, 0) is 43.1 Å². The number of likely N-dealkylation sites (N-methyl/N-ethyl adjacent to an activating group) is 1. The number of amides is 6. The van der Waals surface area contributed by atoms with Crippen molar-refractivity contribution in [3.8, 4) is 80.1 Å². The number of carbonyl (C=O) groups excluding carboxylic acids is 6. The van der Waals surface area contributed by atoms with E-state index < -0.39 is 233 Å². The Balaban J connectivity index is 1.15. The quantitative estimate of drug-likeness (QED) is 0.117. The van der Waals surface area contributed by atoms with Crippen molar-refractivity contribution in [3.63, 3.8) is 0 Å². The topological polar surface area (TPSA) is 515 Å². The van der Waals surface area contributed by atoms with E-state index in [1.807, 2.05) is 0 Å². The van der Waals surface area contributed by atoms with E-state index in [4.69, 9.17) is 52.6 Å². The van der Waals surface area contributed by atoms with E-state index in [0.717, 1.165) is 91.0 Å². The van der Waals surface area contributed by atoms with E-state index in [1.54, 1.807) is 0 Å². The largest absolute Gasteiger partial charge is 0.508 e. The average Bonchev–Trinajstić information content (AvgIpc) is 1.74. The minimum absolute atomic E-state index is 0.128. The minimum Gasteiger partial charge on any atom is -0.508 e. The molecule has 1 fully saturated rings. The highest BCUT2D eigenvalue weighted by Crippen LogP contribution is 2.50. The molecule has 7 aromatic carbocycles. The number of carboxylic acids is 2. The third-order valence-corrected chi connectivity index (χ3v) is 17.5. The molecule has 0 aromatic heterocycles. The lowest BCUT2D eigenvalue weighted by Crippen LogP contribution is -2.64. The van der Waals surface area contributed by atoms with Crippen molar-refractivity contribution < 1.29 is 118 Å². The van der Waals surface area contributed by atoms with Gasteiger partial charge in [-0.3, -0.25) is 28.8 Å². The molecule has 10 unspecified atom stereocenters. The van der Waals surface area contributed by atoms with Crippen molar-refractivity contribution in [3.05, 3.63) is 164 Å². The van der Waals surface area contributed by atoms with Crippen molar-refractivity contribution in [2.45, 2.75) is 85.1 Å². The van der Waals surface area contributed by atoms with Gasteiger partial charge in [0.25, 0.3) is 0 Å². The first-order valence-corrected chi connectivity index (χ1v) is 30.4. The van der Waals surface area contributed by atoms with Gasteiger partial charge in [-0.15, -0.1) is 0 Å². The molecule has 7 aliphatic rings. The number of rotatable bonds is 5. The van der Waals surface area contributed by atoms with Crippen molar-refractivity contribution in [2.75, 3.05) is 7.05 Å². The number of aliphatic hydroxyl groups excluding tert-OH is 4. The lowest BCUT2D eigenvalue weighted by molar-refractivity contribution is -0.236. The van der Waals surface area contributed by atoms with Crippen LogP contribution in [0.25, 0.3) is 11.1 Å². The Morgan fingerprint density at radius 2 is 1.03 bits per heavy atom. The highest BCUT2D eigenvalue weighted by molar-refractivity contribution is 6.32. The molecule has 20 N–H and O–H groups in total. The lowest BCUT2D eigenvalue weighted by atomic mass is 9.87. The maximum absolute atomic E-state index is 16.3. The number of benzene rings is 7. The second-order valence-electron chi connectivity index (χ2n) is 23.3. The number of fused-ring (bicyclic) bond motifs is 13. The number of hydrogen-bond donors (Lipinski definition) is 19. The van der Waals surface area contributed by atoms with Crippen molar-refractivity contribution in [1.29, 1.82) is 0 Å². The van der Waals surface area contributed by atoms with Crippen LogP contribution >= 0.6 is 23.2 Å². The molecule has 99 heavy (non-hydrogen) atoms. The number of aromatic hydroxyl groups is 5. The van der Waals surface area contributed by atoms with E-state index >= 15 is 19.2 Å². The number of hydrogen-bond acceptors (Lipinski definition) is 24. The lowest BCUT2D eigenvalue weighted by Gasteiger charge is -2.39. The molecule has 6 amide bonds. The van der Waals surface area contributed by atoms with Crippen LogP contribution in [0.1, 0.15) is 81.4 Å². The summed E-state index contributed by atoms with van der Waals surface area (Å²) in [5.41, 5.74) is 2.60. The Bertz CT molecular complexity index is 4540. The number of halogens is 2. The van der Waals surface area contributed by atoms with Gasteiger partial charge >= 0.3 is 11.9 Å². The first-order valence-electron chi connectivity index (χ1n) is 29.7. The molecule has 0 aliphatic carbocycles. The molecular weight excluding hydrogens is 1350 g/mol. The second-order valence-corrected chi connectivity index (χ2v) is 24.1. The Hall–Kier alpha value is -11.2. The highest BCUT2D eigenvalue weighted by Gasteiger charge is 2.49. The van der Waals surface area contributed by atoms with Crippen LogP contribution < -0.4 is 61.9 Å². The summed E-state index contributed by atoms with van der Waals surface area (Å²) in [4.78, 5) is 118. The number of carboxylic acid groups (broad SMARTS) is 2. The van der Waals surface area contributed by atoms with Gasteiger partial charge in [-0.1, -0.05) is 53.5 Å². The summed E-state index contributed by atoms with van der Waals surface area (Å²) in [5.74, 6) is -19.2. The Labute approximate surface area is 566 Å². The molecule has 14 atom stereocenters. The summed E-state index contributed by atoms with van der Waals surface area (Å²) in [6, 6.07) is 3.17. The molecule has 0 saturated carbocycles. The average molecular weight is 1400 g/mol. The Kier molecular flexibility index (Phi) is 18.3. The maximum atomic E-state index is 16.3. The normalized spacial score (nSPS) is 26.0. The second kappa shape index (κ2) is 26.7. The number of ether oxygens (including phenoxy) is 5. The molecule has 15 bridgehead atoms. The molecule has 7 aromatic rings. The predicted octanol–water partition coefficient (Wildman–Crippen LogP) is 2.27. The first-order chi connectivity index (χ1) is 47.1. The van der Waals surface area contributed by atoms with E-state index in [9.17, 15) is 75.3 Å². The standard InChI is InChI=1S/C65H56Cl2N8O24/c1-69-44-21-5-8-33(78)38(15-21)95-28-12-24(11-26(76)18-28)45-58(86)70-46-25-16-39(96-36-9-6-22(13-31(36)66)51(81)49(61(89)71-45)74-57(44)85)55(98-65-43(68)53(83)54(84)56(99-65)64(93)94)40(17-25)97-37-10-7-23(14-32(37)67)52(82)50-62(90)73-48(63(91)92)30-19-27(77)20-35(80)42(30)41-29(3-2-4-34(41)79)47(60(88)75-50)72-59(46)87/h2-20,43-54,56,65,69,76-84H,68H2,1H3,(H,70,86)(H,71,89)(H,72,87)(H,73,90)(H,74,85)(H,75,88)(H,91,92)(H,93,94)/t43-,44?,45?,46?,47?,48?,49?,50?,51?,52?,53-,54+,56?,65-/m0/s1. The summed E-state index contributed by atoms with van der Waals surface area (Å²) in [7, 11) is 1.37. The molecule has 1 saturated heterocycles. The van der Waals surface area contributed by atoms with Gasteiger partial charge < -0.3 is 123 Å². The third-order valence-electron chi connectivity index (χ3n) is 16.9. The zero-order valence-corrected chi connectivity index (χ0v) is 52.1. The minimum atomic E-state index is -2.44. The molecule has 34 heteroatoms. The molecule has 514 valence electrons. The Morgan fingerprint density at radius 1 is 0.495 bits per heavy atom. The summed E-state index contributed by atoms with van der Waals surface area (Å²) >= 11 is 14.0. The number of phenols is 5. The van der Waals surface area contributed by atoms with Gasteiger partial charge in [-0.2, -0.15) is 0 Å². The fourth-order valence-corrected chi connectivity index (χ4v) is 12.5. The van der Waals surface area contributed by atoms with Crippen LogP contribution in [0, 0.1) is 0 Å². The number of aliphatic carboxylic acids is 2. The van der Waals surface area contributed by atoms with Crippen molar-refractivity contribution in [1.82, 2.24) is 37.2 Å². The van der Waals surface area contributed by atoms with E-state index in [-0.39, 0.29) is 28.2 Å². The molecule has 7 heterocycles. The zero-order chi connectivity index (χ0) is 70.9. The van der Waals surface area contributed by atoms with E-state index in [1.165, 1.54) is 31.3 Å². The molecule has 0 spiro atoms. The van der Waals surface area contributed by atoms with Crippen LogP contribution in [0.3, 0.4) is 0 Å². The molecular formula is C65H56Cl2N8O24. The molecule has 7 aliphatic heterocycles. The van der Waals surface area contributed by atoms with Crippen LogP contribution in [0.2, 0.25) is 10.0 Å². The number of carbonyl (C=O) groups is 8. The molecule has 14 rings (SSSR count). The summed E-state index contributed by atoms with van der Waals surface area (Å²) in [6.07, 6.45) is -13.0. The van der Waals surface area contributed by atoms with Gasteiger partial charge in [-0.05, 0) is 113 Å². The molecule has 0 radical (unpaired) electrons. The van der Waals surface area contributed by atoms with Crippen LogP contribution in [-0.4, -0.2) is 153 Å². The van der Waals surface area contributed by atoms with Crippen LogP contribution in [0.5, 0.6) is 69.0 Å². The zero-order valence-electron chi connectivity index (χ0n) is 50.6. The van der Waals surface area contributed by atoms with Crippen LogP contribution in [0.4, 0.5) is 0 Å². The number of phenolic OH excluding ortho intramolecular Hbond substituents is 5. The van der Waals surface area contributed by atoms with Gasteiger partial charge in [0, 0.05) is 28.8 Å². The van der Waals surface area contributed by atoms with Crippen molar-refractivity contribution >= 4 is 70.6 Å². The number of nitrogens with two attached hydrogens (primary N) is 1. The molecule has 32 nitrogen and oxygen atoms in total. The smallest absolute Gasteiger partial charge is 0.335 e. The fourth-order valence-electron chi connectivity index (χ4n) is 12.1. The van der Waals surface area contributed by atoms with E-state index in [0.29, 0.717) is 0 Å².